The van der Waals surface area contributed by atoms with Crippen LogP contribution >= 0.6 is 66.5 Å². The van der Waals surface area contributed by atoms with Crippen LogP contribution in [0.25, 0.3) is 0 Å². The Kier molecular flexibility index (Phi) is 9.11. The average Bonchev–Trinajstić information content (AvgIpc) is 3.33. The van der Waals surface area contributed by atoms with Crippen LogP contribution in [0.1, 0.15) is 125 Å². The molecule has 48 heavy (non-hydrogen) atoms. The number of anilines is 2. The van der Waals surface area contributed by atoms with Gasteiger partial charge in [0.05, 0.1) is 0 Å². The van der Waals surface area contributed by atoms with E-state index in [4.69, 9.17) is 66.5 Å². The zero-order chi connectivity index (χ0) is 35.2. The van der Waals surface area contributed by atoms with E-state index < -0.39 is 23.3 Å². The van der Waals surface area contributed by atoms with E-state index in [0.717, 1.165) is 45.0 Å². The molecule has 12 heteroatoms. The Morgan fingerprint density at radius 1 is 0.458 bits per heavy atom. The van der Waals surface area contributed by atoms with Gasteiger partial charge in [-0.2, -0.15) is 0 Å². The quantitative estimate of drug-likeness (QED) is 0.137. The monoisotopic (exact) mass is 798 g/mol. The first kappa shape index (κ1) is 36.3. The number of fused-ring (bicyclic) bond motifs is 2. The van der Waals surface area contributed by atoms with Crippen LogP contribution in [0.3, 0.4) is 0 Å². The zero-order valence-electron chi connectivity index (χ0n) is 28.6. The van der Waals surface area contributed by atoms with Crippen molar-refractivity contribution in [2.45, 2.75) is 91.1 Å². The van der Waals surface area contributed by atoms with Gasteiger partial charge in [-0.1, -0.05) is 0 Å². The summed E-state index contributed by atoms with van der Waals surface area (Å²) in [6, 6.07) is 23.8. The molecule has 0 saturated heterocycles. The Morgan fingerprint density at radius 2 is 0.750 bits per heavy atom. The summed E-state index contributed by atoms with van der Waals surface area (Å²) in [6.07, 6.45) is 3.81. The van der Waals surface area contributed by atoms with Crippen molar-refractivity contribution in [3.63, 3.8) is 0 Å². The molecule has 0 amide bonds. The second kappa shape index (κ2) is 12.0. The van der Waals surface area contributed by atoms with Crippen molar-refractivity contribution < 1.29 is 8.47 Å². The summed E-state index contributed by atoms with van der Waals surface area (Å²) in [5.74, 6) is 0.608. The molecule has 6 rings (SSSR count). The molecule has 0 radical (unpaired) electrons. The number of para-hydroxylation sites is 2. The third-order valence-corrected chi connectivity index (χ3v) is 21.4. The van der Waals surface area contributed by atoms with Gasteiger partial charge in [0.15, 0.2) is 0 Å². The molecule has 0 saturated carbocycles. The molecule has 2 atom stereocenters. The Labute approximate surface area is 314 Å². The first-order chi connectivity index (χ1) is 22.3. The fourth-order valence-corrected chi connectivity index (χ4v) is 19.0. The third kappa shape index (κ3) is 5.44. The number of halogens is 6. The number of benzene rings is 2. The van der Waals surface area contributed by atoms with Crippen LogP contribution in [-0.4, -0.2) is 11.2 Å². The number of nitrogens with zero attached hydrogens (tertiary/aromatic N) is 4. The van der Waals surface area contributed by atoms with Crippen molar-refractivity contribution in [3.8, 4) is 0 Å². The van der Waals surface area contributed by atoms with Crippen molar-refractivity contribution in [3.05, 3.63) is 119 Å². The average molecular weight is 802 g/mol. The van der Waals surface area contributed by atoms with Crippen molar-refractivity contribution in [2.75, 3.05) is 9.13 Å². The second-order valence-corrected chi connectivity index (χ2v) is 36.0. The molecule has 0 aliphatic carbocycles. The van der Waals surface area contributed by atoms with Gasteiger partial charge in [0.1, 0.15) is 0 Å². The zero-order valence-corrected chi connectivity index (χ0v) is 35.1. The number of aromatic nitrogens is 2. The van der Waals surface area contributed by atoms with Crippen LogP contribution in [0.2, 0.25) is 0 Å². The Balaban J connectivity index is 1.80. The van der Waals surface area contributed by atoms with Gasteiger partial charge < -0.3 is 0 Å². The van der Waals surface area contributed by atoms with Gasteiger partial charge in [0.2, 0.25) is 0 Å². The molecule has 4 heterocycles. The van der Waals surface area contributed by atoms with E-state index in [2.05, 4.69) is 113 Å². The molecule has 0 fully saturated rings. The summed E-state index contributed by atoms with van der Waals surface area (Å²) < 4.78 is 8.09. The van der Waals surface area contributed by atoms with E-state index in [1.807, 2.05) is 45.1 Å². The molecule has 0 bridgehead atoms. The summed E-state index contributed by atoms with van der Waals surface area (Å²) in [4.78, 5) is 0. The second-order valence-electron chi connectivity index (χ2n) is 14.5. The summed E-state index contributed by atoms with van der Waals surface area (Å²) in [5, 5.41) is 0. The fraction of sp³-hybridized carbons (Fsp3) is 0.389. The van der Waals surface area contributed by atoms with Gasteiger partial charge >= 0.3 is 317 Å². The summed E-state index contributed by atoms with van der Waals surface area (Å²) >= 11 is 47.0. The molecule has 0 N–H and O–H groups in total. The molecule has 2 aromatic heterocycles. The predicted molar refractivity (Wildman–Crippen MR) is 210 cm³/mol. The summed E-state index contributed by atoms with van der Waals surface area (Å²) in [6.45, 7) is 17.5. The molecule has 258 valence electrons. The van der Waals surface area contributed by atoms with Crippen LogP contribution < -0.4 is 17.6 Å². The van der Waals surface area contributed by atoms with Gasteiger partial charge in [0, 0.05) is 0 Å². The summed E-state index contributed by atoms with van der Waals surface area (Å²) in [7, 11) is 0. The van der Waals surface area contributed by atoms with Crippen molar-refractivity contribution in [1.82, 2.24) is 0 Å². The van der Waals surface area contributed by atoms with Crippen molar-refractivity contribution in [1.29, 1.82) is 0 Å². The van der Waals surface area contributed by atoms with Crippen LogP contribution in [0, 0.1) is 0 Å². The Morgan fingerprint density at radius 3 is 1.02 bits per heavy atom. The molecule has 0 unspecified atom stereocenters. The van der Waals surface area contributed by atoms with E-state index in [-0.39, 0.29) is 23.7 Å². The topological polar surface area (TPSA) is 14.2 Å². The van der Waals surface area contributed by atoms with Crippen molar-refractivity contribution >= 4 is 89.1 Å². The molecule has 4 nitrogen and oxygen atoms in total. The van der Waals surface area contributed by atoms with Gasteiger partial charge in [0.25, 0.3) is 0 Å². The van der Waals surface area contributed by atoms with Crippen LogP contribution in [0.15, 0.2) is 85.2 Å². The number of hydrogen-bond donors (Lipinski definition) is 0. The van der Waals surface area contributed by atoms with E-state index in [0.29, 0.717) is 0 Å². The fourth-order valence-electron chi connectivity index (χ4n) is 7.79. The SMILES string of the molecule is CC(C)c1cccc(C(C)C)c1N1[C@H]([C@@H]2c3cccc[n+]3[Si-](Cl)(Cl)(Cl)N2c2c(C(C)C)cccc2C(C)C)c2cccc[n+]2[Si-]1(Cl)(Cl)Cl. The van der Waals surface area contributed by atoms with Crippen LogP contribution in [-0.2, 0) is 0 Å². The predicted octanol–water partition coefficient (Wildman–Crippen LogP) is 11.5. The molecule has 2 aliphatic heterocycles. The maximum absolute atomic E-state index is 7.83. The molecular formula is C36H44Cl6N4Si2. The molecule has 0 spiro atoms. The summed E-state index contributed by atoms with van der Waals surface area (Å²) in [5.41, 5.74) is -1.64. The van der Waals surface area contributed by atoms with Crippen LogP contribution in [0.5, 0.6) is 0 Å². The first-order valence-electron chi connectivity index (χ1n) is 16.7. The molecule has 2 aliphatic rings. The van der Waals surface area contributed by atoms with Crippen molar-refractivity contribution in [2.24, 2.45) is 0 Å². The number of hydrogen-bond acceptors (Lipinski definition) is 2. The van der Waals surface area contributed by atoms with E-state index >= 15 is 0 Å². The first-order valence-corrected chi connectivity index (χ1v) is 27.6. The Hall–Kier alpha value is -1.49. The normalized spacial score (nSPS) is 23.5. The Bertz CT molecular complexity index is 1710. The standard InChI is InChI=1S/C36H44Cl6N4Si2/c1-23(2)27-15-13-16-28(24(3)4)33(27)45-35(31-19-9-11-21-43(31)47(45,37,38)39)36-32-20-10-12-22-44(32)48(40,41,42)46(36)34-29(25(5)6)17-14-18-30(34)26(7)8/h9-26,35-36H,1-8H3/t35-,36-/m0/s1. The maximum atomic E-state index is 7.83. The molecule has 4 aromatic rings. The third-order valence-electron chi connectivity index (χ3n) is 9.93. The van der Waals surface area contributed by atoms with Gasteiger partial charge in [-0.25, -0.2) is 0 Å². The minimum atomic E-state index is -4.85. The number of rotatable bonds is 7. The van der Waals surface area contributed by atoms with Gasteiger partial charge in [-0.05, 0) is 0 Å². The van der Waals surface area contributed by atoms with Gasteiger partial charge in [-0.3, -0.25) is 0 Å². The minimum absolute atomic E-state index is 0.152. The number of pyridine rings is 2. The van der Waals surface area contributed by atoms with Crippen LogP contribution in [0.4, 0.5) is 11.4 Å². The van der Waals surface area contributed by atoms with Gasteiger partial charge in [-0.15, -0.1) is 0 Å². The molecule has 2 aromatic carbocycles. The van der Waals surface area contributed by atoms with E-state index in [1.165, 1.54) is 0 Å². The van der Waals surface area contributed by atoms with E-state index in [9.17, 15) is 0 Å². The van der Waals surface area contributed by atoms with E-state index in [1.54, 1.807) is 0 Å². The molecular weight excluding hydrogens is 757 g/mol.